The summed E-state index contributed by atoms with van der Waals surface area (Å²) in [7, 11) is -1.11. The van der Waals surface area contributed by atoms with Gasteiger partial charge in [0, 0.05) is 18.2 Å². The maximum Gasteiger partial charge on any atom is 0.218 e. The Morgan fingerprint density at radius 3 is 2.95 bits per heavy atom. The molecule has 4 nitrogen and oxygen atoms in total. The summed E-state index contributed by atoms with van der Waals surface area (Å²) in [5.41, 5.74) is 1.90. The topological polar surface area (TPSA) is 51.2 Å². The normalized spacial score (nSPS) is 20.3. The van der Waals surface area contributed by atoms with Gasteiger partial charge in [0.1, 0.15) is 0 Å². The number of rotatable bonds is 3. The van der Waals surface area contributed by atoms with E-state index in [2.05, 4.69) is 16.3 Å². The highest BCUT2D eigenvalue weighted by Gasteiger charge is 2.28. The highest BCUT2D eigenvalue weighted by Crippen LogP contribution is 2.32. The summed E-state index contributed by atoms with van der Waals surface area (Å²) < 4.78 is 20.6. The van der Waals surface area contributed by atoms with Gasteiger partial charge in [-0.05, 0) is 32.4 Å². The van der Waals surface area contributed by atoms with Gasteiger partial charge in [0.25, 0.3) is 0 Å². The third-order valence-corrected chi connectivity index (χ3v) is 4.57. The van der Waals surface area contributed by atoms with Gasteiger partial charge in [0.15, 0.2) is 0 Å². The first-order chi connectivity index (χ1) is 8.91. The summed E-state index contributed by atoms with van der Waals surface area (Å²) in [6, 6.07) is 2.00. The van der Waals surface area contributed by atoms with Gasteiger partial charge in [-0.25, -0.2) is 13.9 Å². The van der Waals surface area contributed by atoms with Crippen LogP contribution in [0.5, 0.6) is 5.88 Å². The molecule has 0 unspecified atom stereocenters. The first kappa shape index (κ1) is 14.2. The van der Waals surface area contributed by atoms with Crippen molar-refractivity contribution in [2.75, 3.05) is 6.61 Å². The van der Waals surface area contributed by atoms with Crippen molar-refractivity contribution in [2.24, 2.45) is 0 Å². The molecule has 0 amide bonds. The molecule has 0 bridgehead atoms. The SMILES string of the molecule is C=Cc1cnc2c(c1)[C@@H](N[S@@](=O)C(C)(C)C)CCO2. The van der Waals surface area contributed by atoms with Crippen molar-refractivity contribution in [1.82, 2.24) is 9.71 Å². The molecule has 0 saturated carbocycles. The van der Waals surface area contributed by atoms with E-state index in [-0.39, 0.29) is 10.8 Å². The summed E-state index contributed by atoms with van der Waals surface area (Å²) >= 11 is 0. The molecule has 19 heavy (non-hydrogen) atoms. The monoisotopic (exact) mass is 280 g/mol. The average Bonchev–Trinajstić information content (AvgIpc) is 2.37. The molecule has 0 fully saturated rings. The van der Waals surface area contributed by atoms with Gasteiger partial charge in [-0.3, -0.25) is 0 Å². The molecule has 2 rings (SSSR count). The van der Waals surface area contributed by atoms with Gasteiger partial charge < -0.3 is 4.74 Å². The first-order valence-corrected chi connectivity index (χ1v) is 7.50. The van der Waals surface area contributed by atoms with E-state index in [0.29, 0.717) is 12.5 Å². The van der Waals surface area contributed by atoms with E-state index in [1.165, 1.54) is 0 Å². The average molecular weight is 280 g/mol. The van der Waals surface area contributed by atoms with Crippen molar-refractivity contribution in [1.29, 1.82) is 0 Å². The van der Waals surface area contributed by atoms with Gasteiger partial charge in [-0.2, -0.15) is 0 Å². The number of hydrogen-bond acceptors (Lipinski definition) is 3. The minimum absolute atomic E-state index is 0.0104. The van der Waals surface area contributed by atoms with Crippen molar-refractivity contribution in [3.8, 4) is 5.88 Å². The van der Waals surface area contributed by atoms with Crippen LogP contribution < -0.4 is 9.46 Å². The number of nitrogens with one attached hydrogen (secondary N) is 1. The minimum atomic E-state index is -1.11. The van der Waals surface area contributed by atoms with E-state index < -0.39 is 11.0 Å². The third-order valence-electron chi connectivity index (χ3n) is 2.96. The lowest BCUT2D eigenvalue weighted by molar-refractivity contribution is 0.252. The molecule has 1 N–H and O–H groups in total. The van der Waals surface area contributed by atoms with Crippen LogP contribution in [0.3, 0.4) is 0 Å². The molecule has 104 valence electrons. The quantitative estimate of drug-likeness (QED) is 0.926. The summed E-state index contributed by atoms with van der Waals surface area (Å²) in [4.78, 5) is 4.28. The molecule has 5 heteroatoms. The van der Waals surface area contributed by atoms with E-state index in [1.54, 1.807) is 12.3 Å². The van der Waals surface area contributed by atoms with Crippen LogP contribution in [0, 0.1) is 0 Å². The second kappa shape index (κ2) is 5.43. The fourth-order valence-corrected chi connectivity index (χ4v) is 2.68. The van der Waals surface area contributed by atoms with Crippen LogP contribution in [0.4, 0.5) is 0 Å². The zero-order valence-corrected chi connectivity index (χ0v) is 12.4. The molecule has 1 aromatic heterocycles. The number of hydrogen-bond donors (Lipinski definition) is 1. The highest BCUT2D eigenvalue weighted by atomic mass is 32.2. The van der Waals surface area contributed by atoms with Crippen molar-refractivity contribution < 1.29 is 8.95 Å². The zero-order chi connectivity index (χ0) is 14.0. The number of aromatic nitrogens is 1. The van der Waals surface area contributed by atoms with E-state index in [1.807, 2.05) is 26.8 Å². The van der Waals surface area contributed by atoms with E-state index in [0.717, 1.165) is 17.5 Å². The highest BCUT2D eigenvalue weighted by molar-refractivity contribution is 7.84. The molecule has 0 saturated heterocycles. The summed E-state index contributed by atoms with van der Waals surface area (Å²) in [5, 5.41) is 0. The summed E-state index contributed by atoms with van der Waals surface area (Å²) in [6.07, 6.45) is 4.27. The molecule has 1 aliphatic heterocycles. The standard InChI is InChI=1S/C14H20N2O2S/c1-5-10-8-11-12(16-19(17)14(2,3)4)6-7-18-13(11)15-9-10/h5,8-9,12,16H,1,6-7H2,2-4H3/t12-,19-/m0/s1. The van der Waals surface area contributed by atoms with Crippen molar-refractivity contribution >= 4 is 17.1 Å². The molecule has 0 spiro atoms. The van der Waals surface area contributed by atoms with Gasteiger partial charge >= 0.3 is 0 Å². The molecular weight excluding hydrogens is 260 g/mol. The minimum Gasteiger partial charge on any atom is -0.477 e. The summed E-state index contributed by atoms with van der Waals surface area (Å²) in [6.45, 7) is 10.2. The van der Waals surface area contributed by atoms with Crippen LogP contribution in [0.1, 0.15) is 44.4 Å². The van der Waals surface area contributed by atoms with Crippen molar-refractivity contribution in [2.45, 2.75) is 38.0 Å². The van der Waals surface area contributed by atoms with E-state index in [4.69, 9.17) is 4.74 Å². The summed E-state index contributed by atoms with van der Waals surface area (Å²) in [5.74, 6) is 0.625. The Hall–Kier alpha value is -1.20. The predicted octanol–water partition coefficient (Wildman–Crippen LogP) is 2.60. The Bertz CT molecular complexity index is 509. The molecule has 0 aliphatic carbocycles. The van der Waals surface area contributed by atoms with Crippen LogP contribution in [0.15, 0.2) is 18.8 Å². The Kier molecular flexibility index (Phi) is 4.06. The third kappa shape index (κ3) is 3.22. The molecular formula is C14H20N2O2S. The van der Waals surface area contributed by atoms with Gasteiger partial charge in [0.05, 0.1) is 28.4 Å². The van der Waals surface area contributed by atoms with Crippen LogP contribution in [0.25, 0.3) is 6.08 Å². The van der Waals surface area contributed by atoms with Crippen LogP contribution in [-0.4, -0.2) is 20.5 Å². The second-order valence-electron chi connectivity index (χ2n) is 5.56. The van der Waals surface area contributed by atoms with E-state index >= 15 is 0 Å². The zero-order valence-electron chi connectivity index (χ0n) is 11.6. The lowest BCUT2D eigenvalue weighted by Crippen LogP contribution is -2.37. The maximum absolute atomic E-state index is 12.2. The fraction of sp³-hybridized carbons (Fsp3) is 0.500. The van der Waals surface area contributed by atoms with Gasteiger partial charge in [0.2, 0.25) is 5.88 Å². The van der Waals surface area contributed by atoms with Crippen molar-refractivity contribution in [3.05, 3.63) is 30.0 Å². The number of fused-ring (bicyclic) bond motifs is 1. The Morgan fingerprint density at radius 1 is 1.58 bits per heavy atom. The van der Waals surface area contributed by atoms with Gasteiger partial charge in [-0.1, -0.05) is 12.7 Å². The van der Waals surface area contributed by atoms with E-state index in [9.17, 15) is 4.21 Å². The maximum atomic E-state index is 12.2. The van der Waals surface area contributed by atoms with Crippen LogP contribution >= 0.6 is 0 Å². The van der Waals surface area contributed by atoms with Crippen molar-refractivity contribution in [3.63, 3.8) is 0 Å². The molecule has 0 radical (unpaired) electrons. The molecule has 1 aromatic rings. The lowest BCUT2D eigenvalue weighted by atomic mass is 10.0. The number of ether oxygens (including phenoxy) is 1. The Morgan fingerprint density at radius 2 is 2.32 bits per heavy atom. The largest absolute Gasteiger partial charge is 0.477 e. The molecule has 2 atom stereocenters. The van der Waals surface area contributed by atoms with Crippen LogP contribution in [-0.2, 0) is 11.0 Å². The smallest absolute Gasteiger partial charge is 0.218 e. The van der Waals surface area contributed by atoms with Crippen LogP contribution in [0.2, 0.25) is 0 Å². The molecule has 0 aromatic carbocycles. The number of nitrogens with zero attached hydrogens (tertiary/aromatic N) is 1. The second-order valence-corrected chi connectivity index (χ2v) is 7.55. The lowest BCUT2D eigenvalue weighted by Gasteiger charge is -2.28. The number of pyridine rings is 1. The Labute approximate surface area is 116 Å². The fourth-order valence-electron chi connectivity index (χ4n) is 1.83. The predicted molar refractivity (Wildman–Crippen MR) is 78.2 cm³/mol. The molecule has 2 heterocycles. The Balaban J connectivity index is 2.26. The first-order valence-electron chi connectivity index (χ1n) is 6.35. The van der Waals surface area contributed by atoms with Gasteiger partial charge in [-0.15, -0.1) is 0 Å². The molecule has 1 aliphatic rings.